The molecule has 0 saturated carbocycles. The van der Waals surface area contributed by atoms with E-state index in [2.05, 4.69) is 18.5 Å². The molecule has 1 rings (SSSR count). The molecule has 0 amide bonds. The largest absolute Gasteiger partial charge is 0.415 e. The van der Waals surface area contributed by atoms with E-state index in [9.17, 15) is 18.0 Å². The number of allylic oxidation sites excluding steroid dienone is 3. The topological polar surface area (TPSA) is 61.4 Å². The third-order valence-corrected chi connectivity index (χ3v) is 2.46. The second kappa shape index (κ2) is 6.76. The van der Waals surface area contributed by atoms with E-state index in [1.54, 1.807) is 18.2 Å². The number of alkyl halides is 3. The second-order valence-corrected chi connectivity index (χ2v) is 4.04. The fourth-order valence-electron chi connectivity index (χ4n) is 1.38. The van der Waals surface area contributed by atoms with E-state index in [0.717, 1.165) is 0 Å². The Hall–Kier alpha value is -2.54. The van der Waals surface area contributed by atoms with E-state index < -0.39 is 11.7 Å². The number of halogens is 3. The molecule has 0 fully saturated rings. The van der Waals surface area contributed by atoms with Gasteiger partial charge in [-0.1, -0.05) is 25.3 Å². The van der Waals surface area contributed by atoms with Crippen molar-refractivity contribution >= 4 is 17.7 Å². The molecular formula is C14H13F3N2O2. The standard InChI is InChI=1S/C14H13F3N2O2/c1-9(14(15,16)17)6-13(8-20)18-12-5-3-4-11(7-12)10(2)19-21/h3-8,18-19,21H,1-2H2/b13-6-. The van der Waals surface area contributed by atoms with Crippen LogP contribution >= 0.6 is 0 Å². The summed E-state index contributed by atoms with van der Waals surface area (Å²) < 4.78 is 37.1. The Morgan fingerprint density at radius 1 is 1.29 bits per heavy atom. The highest BCUT2D eigenvalue weighted by atomic mass is 19.4. The molecule has 1 aromatic rings. The molecule has 0 spiro atoms. The number of hydrogen-bond acceptors (Lipinski definition) is 4. The average Bonchev–Trinajstić information content (AvgIpc) is 2.44. The lowest BCUT2D eigenvalue weighted by atomic mass is 10.1. The monoisotopic (exact) mass is 298 g/mol. The van der Waals surface area contributed by atoms with E-state index in [-0.39, 0.29) is 17.7 Å². The van der Waals surface area contributed by atoms with Crippen molar-refractivity contribution in [3.63, 3.8) is 0 Å². The lowest BCUT2D eigenvalue weighted by molar-refractivity contribution is -0.104. The molecule has 0 aliphatic rings. The number of hydroxylamine groups is 1. The Morgan fingerprint density at radius 2 is 1.95 bits per heavy atom. The minimum Gasteiger partial charge on any atom is -0.353 e. The molecule has 1 aromatic carbocycles. The Morgan fingerprint density at radius 3 is 2.48 bits per heavy atom. The van der Waals surface area contributed by atoms with Gasteiger partial charge in [0.15, 0.2) is 6.29 Å². The van der Waals surface area contributed by atoms with Gasteiger partial charge in [0, 0.05) is 11.3 Å². The molecule has 7 heteroatoms. The van der Waals surface area contributed by atoms with Crippen LogP contribution in [0.5, 0.6) is 0 Å². The van der Waals surface area contributed by atoms with Gasteiger partial charge in [-0.2, -0.15) is 13.2 Å². The molecule has 0 radical (unpaired) electrons. The van der Waals surface area contributed by atoms with Crippen LogP contribution in [0.2, 0.25) is 0 Å². The van der Waals surface area contributed by atoms with Crippen LogP contribution < -0.4 is 10.8 Å². The van der Waals surface area contributed by atoms with Gasteiger partial charge in [-0.25, -0.2) is 0 Å². The zero-order chi connectivity index (χ0) is 16.0. The van der Waals surface area contributed by atoms with Gasteiger partial charge >= 0.3 is 6.18 Å². The number of carbonyl (C=O) groups is 1. The normalized spacial score (nSPS) is 11.7. The van der Waals surface area contributed by atoms with Crippen LogP contribution in [0.4, 0.5) is 18.9 Å². The van der Waals surface area contributed by atoms with Crippen molar-refractivity contribution in [2.24, 2.45) is 0 Å². The van der Waals surface area contributed by atoms with Crippen LogP contribution in [0.15, 0.2) is 54.8 Å². The Bertz CT molecular complexity index is 592. The zero-order valence-corrected chi connectivity index (χ0v) is 10.9. The van der Waals surface area contributed by atoms with Crippen molar-refractivity contribution in [3.05, 3.63) is 60.3 Å². The highest BCUT2D eigenvalue weighted by molar-refractivity contribution is 5.80. The number of hydrogen-bond donors (Lipinski definition) is 3. The van der Waals surface area contributed by atoms with Gasteiger partial charge < -0.3 is 5.32 Å². The lowest BCUT2D eigenvalue weighted by Gasteiger charge is -2.11. The van der Waals surface area contributed by atoms with Crippen molar-refractivity contribution < 1.29 is 23.2 Å². The second-order valence-electron chi connectivity index (χ2n) is 4.04. The van der Waals surface area contributed by atoms with Gasteiger partial charge in [0.2, 0.25) is 0 Å². The SMILES string of the molecule is C=C(NO)c1cccc(N/C(C=O)=C\C(=C)C(F)(F)F)c1. The van der Waals surface area contributed by atoms with Crippen molar-refractivity contribution in [1.29, 1.82) is 0 Å². The van der Waals surface area contributed by atoms with E-state index in [1.165, 1.54) is 6.07 Å². The molecule has 4 nitrogen and oxygen atoms in total. The van der Waals surface area contributed by atoms with E-state index in [0.29, 0.717) is 17.3 Å². The van der Waals surface area contributed by atoms with Crippen LogP contribution in [-0.2, 0) is 4.79 Å². The Kier molecular flexibility index (Phi) is 5.31. The number of benzene rings is 1. The van der Waals surface area contributed by atoms with Crippen LogP contribution in [-0.4, -0.2) is 17.7 Å². The third-order valence-electron chi connectivity index (χ3n) is 2.46. The summed E-state index contributed by atoms with van der Waals surface area (Å²) in [7, 11) is 0. The smallest absolute Gasteiger partial charge is 0.353 e. The van der Waals surface area contributed by atoms with Gasteiger partial charge in [-0.3, -0.25) is 15.5 Å². The summed E-state index contributed by atoms with van der Waals surface area (Å²) in [5, 5.41) is 11.3. The van der Waals surface area contributed by atoms with Crippen LogP contribution in [0.3, 0.4) is 0 Å². The summed E-state index contributed by atoms with van der Waals surface area (Å²) in [5.74, 6) is 0. The molecule has 0 aliphatic carbocycles. The minimum absolute atomic E-state index is 0.204. The number of carbonyl (C=O) groups excluding carboxylic acids is 1. The van der Waals surface area contributed by atoms with E-state index in [1.807, 2.05) is 5.48 Å². The molecule has 112 valence electrons. The molecule has 0 heterocycles. The summed E-state index contributed by atoms with van der Waals surface area (Å²) in [6, 6.07) is 6.25. The van der Waals surface area contributed by atoms with Gasteiger partial charge in [-0.05, 0) is 18.2 Å². The maximum absolute atomic E-state index is 12.4. The van der Waals surface area contributed by atoms with Gasteiger partial charge in [-0.15, -0.1) is 0 Å². The van der Waals surface area contributed by atoms with Gasteiger partial charge in [0.25, 0.3) is 0 Å². The molecule has 0 bridgehead atoms. The highest BCUT2D eigenvalue weighted by Gasteiger charge is 2.30. The number of aldehydes is 1. The lowest BCUT2D eigenvalue weighted by Crippen LogP contribution is -2.11. The molecule has 0 aromatic heterocycles. The number of nitrogens with one attached hydrogen (secondary N) is 2. The van der Waals surface area contributed by atoms with Crippen molar-refractivity contribution in [3.8, 4) is 0 Å². The first kappa shape index (κ1) is 16.5. The molecular weight excluding hydrogens is 285 g/mol. The fourth-order valence-corrected chi connectivity index (χ4v) is 1.38. The predicted octanol–water partition coefficient (Wildman–Crippen LogP) is 3.25. The average molecular weight is 298 g/mol. The van der Waals surface area contributed by atoms with Crippen molar-refractivity contribution in [2.75, 3.05) is 5.32 Å². The quantitative estimate of drug-likeness (QED) is 0.326. The van der Waals surface area contributed by atoms with Crippen LogP contribution in [0.25, 0.3) is 5.70 Å². The number of anilines is 1. The molecule has 0 aliphatic heterocycles. The molecule has 21 heavy (non-hydrogen) atoms. The zero-order valence-electron chi connectivity index (χ0n) is 10.9. The maximum atomic E-state index is 12.4. The summed E-state index contributed by atoms with van der Waals surface area (Å²) in [6.07, 6.45) is -3.74. The molecule has 0 atom stereocenters. The minimum atomic E-state index is -4.60. The summed E-state index contributed by atoms with van der Waals surface area (Å²) >= 11 is 0. The van der Waals surface area contributed by atoms with Crippen LogP contribution in [0, 0.1) is 0 Å². The summed E-state index contributed by atoms with van der Waals surface area (Å²) in [5.41, 5.74) is 1.48. The Balaban J connectivity index is 2.97. The molecule has 3 N–H and O–H groups in total. The predicted molar refractivity (Wildman–Crippen MR) is 73.4 cm³/mol. The van der Waals surface area contributed by atoms with Crippen molar-refractivity contribution in [1.82, 2.24) is 5.48 Å². The first-order chi connectivity index (χ1) is 9.77. The van der Waals surface area contributed by atoms with Crippen LogP contribution in [0.1, 0.15) is 5.56 Å². The van der Waals surface area contributed by atoms with E-state index >= 15 is 0 Å². The first-order valence-electron chi connectivity index (χ1n) is 5.67. The highest BCUT2D eigenvalue weighted by Crippen LogP contribution is 2.26. The maximum Gasteiger partial charge on any atom is 0.415 e. The van der Waals surface area contributed by atoms with E-state index in [4.69, 9.17) is 5.21 Å². The van der Waals surface area contributed by atoms with Gasteiger partial charge in [0.05, 0.1) is 17.0 Å². The summed E-state index contributed by atoms with van der Waals surface area (Å²) in [4.78, 5) is 10.8. The summed E-state index contributed by atoms with van der Waals surface area (Å²) in [6.45, 7) is 6.39. The molecule has 0 unspecified atom stereocenters. The number of rotatable bonds is 6. The molecule has 0 saturated heterocycles. The fraction of sp³-hybridized carbons (Fsp3) is 0.0714. The first-order valence-corrected chi connectivity index (χ1v) is 5.67. The Labute approximate surface area is 119 Å². The third kappa shape index (κ3) is 4.81. The van der Waals surface area contributed by atoms with Gasteiger partial charge in [0.1, 0.15) is 0 Å². The van der Waals surface area contributed by atoms with Crippen molar-refractivity contribution in [2.45, 2.75) is 6.18 Å².